The van der Waals surface area contributed by atoms with E-state index in [4.69, 9.17) is 0 Å². The van der Waals surface area contributed by atoms with Crippen molar-refractivity contribution in [3.63, 3.8) is 0 Å². The molecule has 0 heterocycles. The van der Waals surface area contributed by atoms with Crippen molar-refractivity contribution in [1.82, 2.24) is 0 Å². The molecule has 0 saturated heterocycles. The Morgan fingerprint density at radius 2 is 1.15 bits per heavy atom. The average Bonchev–Trinajstić information content (AvgIpc) is 2.44. The molecule has 0 unspecified atom stereocenters. The number of thiol groups is 2. The van der Waals surface area contributed by atoms with E-state index in [-0.39, 0.29) is 0 Å². The zero-order chi connectivity index (χ0) is 14.5. The Kier molecular flexibility index (Phi) is 4.56. The van der Waals surface area contributed by atoms with E-state index >= 15 is 0 Å². The van der Waals surface area contributed by atoms with Gasteiger partial charge >= 0.3 is 0 Å². The smallest absolute Gasteiger partial charge is 0.211 e. The third kappa shape index (κ3) is 3.07. The first-order valence-electron chi connectivity index (χ1n) is 5.48. The minimum absolute atomic E-state index is 0.459. The number of hydrogen-bond donors (Lipinski definition) is 2. The topological polar surface area (TPSA) is 58.9 Å². The first kappa shape index (κ1) is 14.3. The molecule has 0 aliphatic carbocycles. The number of aliphatic imine (C=N–C) groups is 2. The lowest BCUT2D eigenvalue weighted by Gasteiger charge is -2.06. The zero-order valence-corrected chi connectivity index (χ0v) is 11.9. The van der Waals surface area contributed by atoms with Crippen LogP contribution in [0.15, 0.2) is 56.2 Å². The maximum absolute atomic E-state index is 10.2. The Hall–Kier alpha value is -2.10. The minimum Gasteiger partial charge on any atom is -0.211 e. The Bertz CT molecular complexity index is 696. The first-order valence-corrected chi connectivity index (χ1v) is 6.37. The molecule has 20 heavy (non-hydrogen) atoms. The molecule has 0 N–H and O–H groups in total. The van der Waals surface area contributed by atoms with Gasteiger partial charge < -0.3 is 0 Å². The van der Waals surface area contributed by atoms with Crippen LogP contribution in [0.2, 0.25) is 0 Å². The highest BCUT2D eigenvalue weighted by atomic mass is 32.1. The molecular weight excluding hydrogens is 292 g/mol. The predicted octanol–water partition coefficient (Wildman–Crippen LogP) is 3.87. The molecule has 0 aliphatic rings. The molecule has 0 spiro atoms. The van der Waals surface area contributed by atoms with Gasteiger partial charge in [0, 0.05) is 9.79 Å². The van der Waals surface area contributed by atoms with E-state index in [1.54, 1.807) is 36.4 Å². The summed E-state index contributed by atoms with van der Waals surface area (Å²) in [7, 11) is 0. The van der Waals surface area contributed by atoms with Crippen LogP contribution in [0.1, 0.15) is 0 Å². The van der Waals surface area contributed by atoms with Crippen LogP contribution in [0.3, 0.4) is 0 Å². The summed E-state index contributed by atoms with van der Waals surface area (Å²) in [6, 6.07) is 10.5. The van der Waals surface area contributed by atoms with Gasteiger partial charge in [-0.2, -0.15) is 9.98 Å². The van der Waals surface area contributed by atoms with Gasteiger partial charge in [-0.15, -0.1) is 25.3 Å². The molecule has 0 saturated carbocycles. The largest absolute Gasteiger partial charge is 0.240 e. The molecule has 0 bridgehead atoms. The standard InChI is InChI=1S/C14H8N2O2S2/c17-7-15-11-3-1-9(5-13(11)19)10-2-4-12(16-8-18)14(20)6-10/h1-6,19-20H. The second kappa shape index (κ2) is 6.37. The molecule has 0 aliphatic heterocycles. The van der Waals surface area contributed by atoms with E-state index in [0.717, 1.165) is 11.1 Å². The summed E-state index contributed by atoms with van der Waals surface area (Å²) >= 11 is 8.54. The second-order valence-corrected chi connectivity index (χ2v) is 4.78. The minimum atomic E-state index is 0.459. The SMILES string of the molecule is O=C=Nc1ccc(-c2ccc(N=C=O)c(S)c2)cc1S. The van der Waals surface area contributed by atoms with Gasteiger partial charge in [0.2, 0.25) is 12.2 Å². The third-order valence-corrected chi connectivity index (χ3v) is 3.33. The highest BCUT2D eigenvalue weighted by molar-refractivity contribution is 7.80. The van der Waals surface area contributed by atoms with Crippen LogP contribution in [0.5, 0.6) is 0 Å². The predicted molar refractivity (Wildman–Crippen MR) is 81.9 cm³/mol. The molecule has 0 atom stereocenters. The van der Waals surface area contributed by atoms with Crippen molar-refractivity contribution in [3.05, 3.63) is 36.4 Å². The van der Waals surface area contributed by atoms with Crippen LogP contribution >= 0.6 is 25.3 Å². The maximum atomic E-state index is 10.2. The number of rotatable bonds is 3. The molecule has 2 aromatic rings. The van der Waals surface area contributed by atoms with E-state index < -0.39 is 0 Å². The molecule has 0 fully saturated rings. The van der Waals surface area contributed by atoms with Crippen molar-refractivity contribution in [2.24, 2.45) is 9.98 Å². The monoisotopic (exact) mass is 300 g/mol. The fourth-order valence-electron chi connectivity index (χ4n) is 1.69. The third-order valence-electron chi connectivity index (χ3n) is 2.62. The van der Waals surface area contributed by atoms with Crippen LogP contribution in [-0.4, -0.2) is 12.2 Å². The lowest BCUT2D eigenvalue weighted by Crippen LogP contribution is -1.80. The number of hydrogen-bond acceptors (Lipinski definition) is 6. The van der Waals surface area contributed by atoms with Crippen LogP contribution in [0, 0.1) is 0 Å². The van der Waals surface area contributed by atoms with Crippen molar-refractivity contribution in [1.29, 1.82) is 0 Å². The van der Waals surface area contributed by atoms with Crippen molar-refractivity contribution in [2.45, 2.75) is 9.79 Å². The number of benzene rings is 2. The van der Waals surface area contributed by atoms with E-state index in [1.165, 1.54) is 12.2 Å². The summed E-state index contributed by atoms with van der Waals surface area (Å²) < 4.78 is 0. The van der Waals surface area contributed by atoms with E-state index in [2.05, 4.69) is 35.2 Å². The molecule has 0 aromatic heterocycles. The molecule has 2 aromatic carbocycles. The summed E-state index contributed by atoms with van der Waals surface area (Å²) in [6.07, 6.45) is 2.96. The van der Waals surface area contributed by atoms with E-state index in [9.17, 15) is 9.59 Å². The van der Waals surface area contributed by atoms with Crippen LogP contribution in [0.4, 0.5) is 11.4 Å². The maximum Gasteiger partial charge on any atom is 0.240 e. The highest BCUT2D eigenvalue weighted by Gasteiger charge is 2.05. The summed E-state index contributed by atoms with van der Waals surface area (Å²) in [5.74, 6) is 0. The van der Waals surface area contributed by atoms with E-state index in [1.807, 2.05) is 0 Å². The van der Waals surface area contributed by atoms with Crippen molar-refractivity contribution < 1.29 is 9.59 Å². The summed E-state index contributed by atoms with van der Waals surface area (Å²) in [4.78, 5) is 28.7. The lowest BCUT2D eigenvalue weighted by atomic mass is 10.0. The van der Waals surface area contributed by atoms with Gasteiger partial charge in [-0.25, -0.2) is 9.59 Å². The normalized spacial score (nSPS) is 9.50. The van der Waals surface area contributed by atoms with Crippen molar-refractivity contribution in [3.8, 4) is 11.1 Å². The van der Waals surface area contributed by atoms with Crippen molar-refractivity contribution in [2.75, 3.05) is 0 Å². The first-order chi connectivity index (χ1) is 9.65. The molecule has 6 heteroatoms. The highest BCUT2D eigenvalue weighted by Crippen LogP contribution is 2.32. The lowest BCUT2D eigenvalue weighted by molar-refractivity contribution is 0.564. The van der Waals surface area contributed by atoms with Crippen LogP contribution in [-0.2, 0) is 9.59 Å². The quantitative estimate of drug-likeness (QED) is 0.513. The van der Waals surface area contributed by atoms with Gasteiger partial charge in [-0.3, -0.25) is 0 Å². The summed E-state index contributed by atoms with van der Waals surface area (Å²) in [5.41, 5.74) is 2.69. The number of nitrogens with zero attached hydrogens (tertiary/aromatic N) is 2. The molecule has 2 rings (SSSR count). The fourth-order valence-corrected chi connectivity index (χ4v) is 2.22. The van der Waals surface area contributed by atoms with Crippen LogP contribution < -0.4 is 0 Å². The summed E-state index contributed by atoms with van der Waals surface area (Å²) in [5, 5.41) is 0. The molecular formula is C14H8N2O2S2. The zero-order valence-electron chi connectivity index (χ0n) is 10.1. The second-order valence-electron chi connectivity index (χ2n) is 3.81. The Morgan fingerprint density at radius 1 is 0.750 bits per heavy atom. The molecule has 0 radical (unpaired) electrons. The van der Waals surface area contributed by atoms with Gasteiger partial charge in [0.15, 0.2) is 0 Å². The van der Waals surface area contributed by atoms with Crippen molar-refractivity contribution >= 4 is 48.8 Å². The van der Waals surface area contributed by atoms with Gasteiger partial charge in [0.1, 0.15) is 0 Å². The average molecular weight is 300 g/mol. The van der Waals surface area contributed by atoms with Gasteiger partial charge in [-0.05, 0) is 35.4 Å². The molecule has 4 nitrogen and oxygen atoms in total. The fraction of sp³-hybridized carbons (Fsp3) is 0. The van der Waals surface area contributed by atoms with Crippen LogP contribution in [0.25, 0.3) is 11.1 Å². The van der Waals surface area contributed by atoms with Gasteiger partial charge in [-0.1, -0.05) is 12.1 Å². The number of isocyanates is 2. The Morgan fingerprint density at radius 3 is 1.45 bits per heavy atom. The molecule has 0 amide bonds. The molecule has 98 valence electrons. The summed E-state index contributed by atoms with van der Waals surface area (Å²) in [6.45, 7) is 0. The Balaban J connectivity index is 2.46. The van der Waals surface area contributed by atoms with E-state index in [0.29, 0.717) is 21.2 Å². The Labute approximate surface area is 126 Å². The van der Waals surface area contributed by atoms with Gasteiger partial charge in [0.25, 0.3) is 0 Å². The van der Waals surface area contributed by atoms with Gasteiger partial charge in [0.05, 0.1) is 11.4 Å². The number of carbonyl (C=O) groups excluding carboxylic acids is 2.